The summed E-state index contributed by atoms with van der Waals surface area (Å²) in [6.07, 6.45) is 2.21. The minimum atomic E-state index is -0.370. The summed E-state index contributed by atoms with van der Waals surface area (Å²) >= 11 is 0. The van der Waals surface area contributed by atoms with Crippen LogP contribution in [0.1, 0.15) is 48.0 Å². The van der Waals surface area contributed by atoms with E-state index in [-0.39, 0.29) is 28.6 Å². The lowest BCUT2D eigenvalue weighted by Crippen LogP contribution is -2.35. The van der Waals surface area contributed by atoms with Crippen molar-refractivity contribution in [3.8, 4) is 0 Å². The highest BCUT2D eigenvalue weighted by Gasteiger charge is 2.36. The summed E-state index contributed by atoms with van der Waals surface area (Å²) < 4.78 is 0. The Morgan fingerprint density at radius 1 is 1.23 bits per heavy atom. The SMILES string of the molecule is Cc1ccc2c(c1)[C@@H](N1CCCC1=O)C[C@@H](c1cccc([N+](=O)[O-])c1)N2. The number of nitro groups is 1. The Morgan fingerprint density at radius 2 is 2.08 bits per heavy atom. The number of anilines is 1. The molecule has 26 heavy (non-hydrogen) atoms. The molecule has 1 amide bonds. The van der Waals surface area contributed by atoms with Crippen molar-refractivity contribution in [2.24, 2.45) is 0 Å². The Kier molecular flexibility index (Phi) is 4.11. The van der Waals surface area contributed by atoms with E-state index in [4.69, 9.17) is 0 Å². The highest BCUT2D eigenvalue weighted by molar-refractivity contribution is 5.79. The van der Waals surface area contributed by atoms with Gasteiger partial charge in [-0.05, 0) is 37.0 Å². The Morgan fingerprint density at radius 3 is 2.81 bits per heavy atom. The number of hydrogen-bond donors (Lipinski definition) is 1. The normalized spacial score (nSPS) is 22.0. The van der Waals surface area contributed by atoms with Crippen molar-refractivity contribution in [2.45, 2.75) is 38.3 Å². The quantitative estimate of drug-likeness (QED) is 0.666. The number of nitro benzene ring substituents is 1. The number of hydrogen-bond acceptors (Lipinski definition) is 4. The highest BCUT2D eigenvalue weighted by atomic mass is 16.6. The van der Waals surface area contributed by atoms with E-state index in [0.717, 1.165) is 35.3 Å². The van der Waals surface area contributed by atoms with Crippen LogP contribution in [-0.4, -0.2) is 22.3 Å². The Hall–Kier alpha value is -2.89. The lowest BCUT2D eigenvalue weighted by atomic mass is 9.87. The third-order valence-electron chi connectivity index (χ3n) is 5.32. The molecule has 2 heterocycles. The van der Waals surface area contributed by atoms with Crippen molar-refractivity contribution in [1.82, 2.24) is 4.90 Å². The van der Waals surface area contributed by atoms with Gasteiger partial charge in [0, 0.05) is 30.8 Å². The van der Waals surface area contributed by atoms with E-state index in [1.807, 2.05) is 23.1 Å². The van der Waals surface area contributed by atoms with Crippen molar-refractivity contribution in [3.05, 3.63) is 69.3 Å². The van der Waals surface area contributed by atoms with Gasteiger partial charge in [-0.15, -0.1) is 0 Å². The van der Waals surface area contributed by atoms with Gasteiger partial charge in [0.2, 0.25) is 5.91 Å². The average molecular weight is 351 g/mol. The fourth-order valence-corrected chi connectivity index (χ4v) is 4.05. The number of aryl methyl sites for hydroxylation is 1. The molecule has 1 fully saturated rings. The van der Waals surface area contributed by atoms with Gasteiger partial charge >= 0.3 is 0 Å². The maximum Gasteiger partial charge on any atom is 0.269 e. The third-order valence-corrected chi connectivity index (χ3v) is 5.32. The first-order valence-corrected chi connectivity index (χ1v) is 8.94. The smallest absolute Gasteiger partial charge is 0.269 e. The number of non-ortho nitro benzene ring substituents is 1. The Balaban J connectivity index is 1.73. The van der Waals surface area contributed by atoms with Gasteiger partial charge in [0.05, 0.1) is 17.0 Å². The predicted molar refractivity (Wildman–Crippen MR) is 98.9 cm³/mol. The summed E-state index contributed by atoms with van der Waals surface area (Å²) in [5.41, 5.74) is 4.27. The molecule has 0 aliphatic carbocycles. The van der Waals surface area contributed by atoms with Crippen LogP contribution in [0, 0.1) is 17.0 Å². The number of nitrogens with one attached hydrogen (secondary N) is 1. The molecule has 0 aromatic heterocycles. The number of carbonyl (C=O) groups is 1. The zero-order chi connectivity index (χ0) is 18.3. The molecule has 2 aromatic rings. The zero-order valence-corrected chi connectivity index (χ0v) is 14.6. The second-order valence-electron chi connectivity index (χ2n) is 7.08. The minimum Gasteiger partial charge on any atom is -0.378 e. The number of fused-ring (bicyclic) bond motifs is 1. The molecule has 0 radical (unpaired) electrons. The summed E-state index contributed by atoms with van der Waals surface area (Å²) in [7, 11) is 0. The van der Waals surface area contributed by atoms with Crippen LogP contribution in [0.2, 0.25) is 0 Å². The zero-order valence-electron chi connectivity index (χ0n) is 14.6. The Labute approximate surface area is 152 Å². The van der Waals surface area contributed by atoms with Gasteiger partial charge in [-0.2, -0.15) is 0 Å². The van der Waals surface area contributed by atoms with Crippen molar-refractivity contribution in [1.29, 1.82) is 0 Å². The molecule has 0 bridgehead atoms. The number of carbonyl (C=O) groups excluding carboxylic acids is 1. The summed E-state index contributed by atoms with van der Waals surface area (Å²) in [5, 5.41) is 14.6. The van der Waals surface area contributed by atoms with Gasteiger partial charge in [0.15, 0.2) is 0 Å². The topological polar surface area (TPSA) is 75.5 Å². The fraction of sp³-hybridized carbons (Fsp3) is 0.350. The molecule has 6 heteroatoms. The van der Waals surface area contributed by atoms with Gasteiger partial charge in [0.25, 0.3) is 5.69 Å². The van der Waals surface area contributed by atoms with Crippen LogP contribution < -0.4 is 5.32 Å². The average Bonchev–Trinajstić information content (AvgIpc) is 3.06. The molecule has 2 atom stereocenters. The summed E-state index contributed by atoms with van der Waals surface area (Å²) in [5.74, 6) is 0.196. The van der Waals surface area contributed by atoms with Gasteiger partial charge in [-0.1, -0.05) is 29.8 Å². The monoisotopic (exact) mass is 351 g/mol. The third kappa shape index (κ3) is 2.92. The maximum absolute atomic E-state index is 12.4. The molecule has 0 saturated carbocycles. The van der Waals surface area contributed by atoms with Crippen LogP contribution in [0.15, 0.2) is 42.5 Å². The fourth-order valence-electron chi connectivity index (χ4n) is 4.05. The summed E-state index contributed by atoms with van der Waals surface area (Å²) in [6, 6.07) is 12.9. The van der Waals surface area contributed by atoms with Crippen LogP contribution in [0.3, 0.4) is 0 Å². The van der Waals surface area contributed by atoms with Gasteiger partial charge < -0.3 is 10.2 Å². The number of amides is 1. The molecule has 0 unspecified atom stereocenters. The lowest BCUT2D eigenvalue weighted by Gasteiger charge is -2.38. The second kappa shape index (κ2) is 6.44. The molecule has 1 N–H and O–H groups in total. The van der Waals surface area contributed by atoms with E-state index in [0.29, 0.717) is 12.8 Å². The number of nitrogens with zero attached hydrogens (tertiary/aromatic N) is 2. The Bertz CT molecular complexity index is 880. The van der Waals surface area contributed by atoms with Crippen molar-refractivity contribution >= 4 is 17.3 Å². The number of rotatable bonds is 3. The molecule has 1 saturated heterocycles. The minimum absolute atomic E-state index is 0.00501. The van der Waals surface area contributed by atoms with Crippen molar-refractivity contribution in [3.63, 3.8) is 0 Å². The maximum atomic E-state index is 12.4. The van der Waals surface area contributed by atoms with Crippen molar-refractivity contribution < 1.29 is 9.72 Å². The largest absolute Gasteiger partial charge is 0.378 e. The van der Waals surface area contributed by atoms with Crippen LogP contribution in [0.25, 0.3) is 0 Å². The molecule has 2 aliphatic rings. The first kappa shape index (κ1) is 16.6. The van der Waals surface area contributed by atoms with Crippen LogP contribution in [-0.2, 0) is 4.79 Å². The predicted octanol–water partition coefficient (Wildman–Crippen LogP) is 4.12. The molecule has 2 aromatic carbocycles. The van der Waals surface area contributed by atoms with Crippen LogP contribution >= 0.6 is 0 Å². The molecule has 4 rings (SSSR count). The second-order valence-corrected chi connectivity index (χ2v) is 7.08. The molecule has 134 valence electrons. The first-order chi connectivity index (χ1) is 12.5. The van der Waals surface area contributed by atoms with Crippen LogP contribution in [0.4, 0.5) is 11.4 Å². The standard InChI is InChI=1S/C20H21N3O3/c1-13-7-8-17-16(10-13)19(22-9-3-6-20(22)24)12-18(21-17)14-4-2-5-15(11-14)23(25)26/h2,4-5,7-8,10-11,18-19,21H,3,6,9,12H2,1H3/t18-,19-/m0/s1. The molecular formula is C20H21N3O3. The van der Waals surface area contributed by atoms with Gasteiger partial charge in [0.1, 0.15) is 0 Å². The van der Waals surface area contributed by atoms with E-state index in [2.05, 4.69) is 18.3 Å². The van der Waals surface area contributed by atoms with Crippen molar-refractivity contribution in [2.75, 3.05) is 11.9 Å². The molecule has 6 nitrogen and oxygen atoms in total. The first-order valence-electron chi connectivity index (χ1n) is 8.94. The van der Waals surface area contributed by atoms with Crippen LogP contribution in [0.5, 0.6) is 0 Å². The van der Waals surface area contributed by atoms with Gasteiger partial charge in [-0.25, -0.2) is 0 Å². The van der Waals surface area contributed by atoms with E-state index in [9.17, 15) is 14.9 Å². The molecule has 2 aliphatic heterocycles. The highest BCUT2D eigenvalue weighted by Crippen LogP contribution is 2.43. The van der Waals surface area contributed by atoms with E-state index in [1.165, 1.54) is 6.07 Å². The summed E-state index contributed by atoms with van der Waals surface area (Å²) in [4.78, 5) is 25.1. The lowest BCUT2D eigenvalue weighted by molar-refractivity contribution is -0.384. The van der Waals surface area contributed by atoms with E-state index in [1.54, 1.807) is 12.1 Å². The van der Waals surface area contributed by atoms with E-state index < -0.39 is 0 Å². The summed E-state index contributed by atoms with van der Waals surface area (Å²) in [6.45, 7) is 2.83. The molecular weight excluding hydrogens is 330 g/mol. The van der Waals surface area contributed by atoms with E-state index >= 15 is 0 Å². The number of likely N-dealkylation sites (tertiary alicyclic amines) is 1. The number of benzene rings is 2. The van der Waals surface area contributed by atoms with Gasteiger partial charge in [-0.3, -0.25) is 14.9 Å². The molecule has 0 spiro atoms.